The Kier molecular flexibility index (Phi) is 4.96. The van der Waals surface area contributed by atoms with Crippen molar-refractivity contribution in [3.63, 3.8) is 0 Å². The van der Waals surface area contributed by atoms with Crippen LogP contribution >= 0.6 is 0 Å². The van der Waals surface area contributed by atoms with E-state index in [4.69, 9.17) is 10.8 Å². The Morgan fingerprint density at radius 2 is 2.09 bits per heavy atom. The maximum Gasteiger partial charge on any atom is 0.317 e. The highest BCUT2D eigenvalue weighted by atomic mass is 19.1. The number of nitrogen functional groups attached to an aromatic ring is 1. The number of rotatable bonds is 3. The van der Waals surface area contributed by atoms with Gasteiger partial charge in [0, 0.05) is 48.7 Å². The van der Waals surface area contributed by atoms with E-state index in [1.165, 1.54) is 6.07 Å². The molecule has 3 N–H and O–H groups in total. The third-order valence-electron chi connectivity index (χ3n) is 6.67. The summed E-state index contributed by atoms with van der Waals surface area (Å²) in [6.45, 7) is 3.79. The second kappa shape index (κ2) is 7.85. The van der Waals surface area contributed by atoms with Gasteiger partial charge in [0.05, 0.1) is 23.5 Å². The molecule has 3 aromatic rings. The van der Waals surface area contributed by atoms with E-state index in [0.717, 1.165) is 42.5 Å². The molecule has 168 valence electrons. The van der Waals surface area contributed by atoms with Crippen molar-refractivity contribution in [2.24, 2.45) is 0 Å². The average molecular weight is 446 g/mol. The van der Waals surface area contributed by atoms with Gasteiger partial charge in [0.1, 0.15) is 17.7 Å². The van der Waals surface area contributed by atoms with Crippen molar-refractivity contribution in [1.82, 2.24) is 30.0 Å². The smallest absolute Gasteiger partial charge is 0.317 e. The van der Waals surface area contributed by atoms with Gasteiger partial charge in [-0.3, -0.25) is 9.67 Å². The minimum Gasteiger partial charge on any atom is -0.383 e. The number of nitriles is 1. The van der Waals surface area contributed by atoms with E-state index in [2.05, 4.69) is 21.4 Å². The van der Waals surface area contributed by atoms with Crippen LogP contribution in [0.25, 0.3) is 11.3 Å². The number of amides is 2. The zero-order chi connectivity index (χ0) is 23.2. The lowest BCUT2D eigenvalue weighted by atomic mass is 9.82. The van der Waals surface area contributed by atoms with E-state index >= 15 is 0 Å². The largest absolute Gasteiger partial charge is 0.383 e. The first-order valence-electron chi connectivity index (χ1n) is 10.8. The fourth-order valence-electron chi connectivity index (χ4n) is 4.79. The van der Waals surface area contributed by atoms with Crippen LogP contribution in [0, 0.1) is 17.1 Å². The molecule has 33 heavy (non-hydrogen) atoms. The molecule has 0 saturated carbocycles. The molecule has 0 aromatic carbocycles. The summed E-state index contributed by atoms with van der Waals surface area (Å²) in [4.78, 5) is 22.7. The Morgan fingerprint density at radius 1 is 1.27 bits per heavy atom. The van der Waals surface area contributed by atoms with Crippen LogP contribution in [0.15, 0.2) is 36.8 Å². The molecule has 1 saturated heterocycles. The molecule has 5 rings (SSSR count). The summed E-state index contributed by atoms with van der Waals surface area (Å²) >= 11 is 0. The zero-order valence-electron chi connectivity index (χ0n) is 18.1. The number of carbonyl (C=O) groups excluding carboxylic acids is 1. The van der Waals surface area contributed by atoms with Gasteiger partial charge in [0.25, 0.3) is 0 Å². The number of anilines is 1. The summed E-state index contributed by atoms with van der Waals surface area (Å²) < 4.78 is 15.5. The number of urea groups is 1. The molecule has 1 fully saturated rings. The van der Waals surface area contributed by atoms with Gasteiger partial charge in [-0.25, -0.2) is 14.2 Å². The number of pyridine rings is 2. The van der Waals surface area contributed by atoms with Crippen molar-refractivity contribution in [3.8, 4) is 17.3 Å². The second-order valence-corrected chi connectivity index (χ2v) is 8.72. The van der Waals surface area contributed by atoms with Crippen LogP contribution in [0.1, 0.15) is 42.6 Å². The van der Waals surface area contributed by atoms with Crippen LogP contribution in [0.4, 0.5) is 15.0 Å². The molecular weight excluding hydrogens is 423 g/mol. The van der Waals surface area contributed by atoms with Crippen LogP contribution in [-0.2, 0) is 12.0 Å². The van der Waals surface area contributed by atoms with E-state index in [-0.39, 0.29) is 23.3 Å². The number of hydrogen-bond acceptors (Lipinski definition) is 6. The summed E-state index contributed by atoms with van der Waals surface area (Å²) in [7, 11) is 0. The van der Waals surface area contributed by atoms with Gasteiger partial charge in [-0.1, -0.05) is 0 Å². The van der Waals surface area contributed by atoms with Gasteiger partial charge in [-0.2, -0.15) is 10.4 Å². The van der Waals surface area contributed by atoms with Crippen molar-refractivity contribution in [2.75, 3.05) is 18.8 Å². The molecule has 2 amide bonds. The molecule has 10 heteroatoms. The van der Waals surface area contributed by atoms with Crippen molar-refractivity contribution in [3.05, 3.63) is 59.4 Å². The van der Waals surface area contributed by atoms with E-state index in [1.807, 2.05) is 22.6 Å². The van der Waals surface area contributed by atoms with E-state index in [9.17, 15) is 14.4 Å². The van der Waals surface area contributed by atoms with Gasteiger partial charge >= 0.3 is 6.03 Å². The van der Waals surface area contributed by atoms with Gasteiger partial charge < -0.3 is 16.0 Å². The predicted molar refractivity (Wildman–Crippen MR) is 118 cm³/mol. The monoisotopic (exact) mass is 446 g/mol. The Balaban J connectivity index is 1.32. The summed E-state index contributed by atoms with van der Waals surface area (Å²) in [5, 5.41) is 16.9. The molecule has 0 aliphatic carbocycles. The fourth-order valence-corrected chi connectivity index (χ4v) is 4.79. The first-order chi connectivity index (χ1) is 15.9. The number of fused-ring (bicyclic) bond motifs is 2. The zero-order valence-corrected chi connectivity index (χ0v) is 18.1. The third-order valence-corrected chi connectivity index (χ3v) is 6.67. The number of nitrogens with zero attached hydrogens (tertiary/aromatic N) is 6. The summed E-state index contributed by atoms with van der Waals surface area (Å²) in [6, 6.07) is 6.63. The quantitative estimate of drug-likeness (QED) is 0.637. The van der Waals surface area contributed by atoms with E-state index < -0.39 is 5.82 Å². The Morgan fingerprint density at radius 3 is 2.88 bits per heavy atom. The number of hydrogen-bond donors (Lipinski definition) is 2. The highest BCUT2D eigenvalue weighted by molar-refractivity contribution is 5.75. The van der Waals surface area contributed by atoms with Gasteiger partial charge in [0.2, 0.25) is 0 Å². The number of aryl methyl sites for hydroxylation is 1. The number of carbonyl (C=O) groups is 1. The maximum absolute atomic E-state index is 13.5. The highest BCUT2D eigenvalue weighted by Gasteiger charge is 2.47. The number of halogens is 1. The standard InChI is InChI=1S/C23H23FN8O/c1-14(16-7-18(24)12-27-10-16)29-22(33)31-4-2-23(13-31)3-5-32-20(23)8-19(30-32)17-6-15(9-25)21(26)28-11-17/h6-8,10-12,14H,2-5,13H2,1H3,(H2,26,28)(H,29,33). The molecule has 1 spiro atoms. The van der Waals surface area contributed by atoms with Crippen LogP contribution in [0.5, 0.6) is 0 Å². The lowest BCUT2D eigenvalue weighted by Gasteiger charge is -2.25. The normalized spacial score (nSPS) is 20.0. The second-order valence-electron chi connectivity index (χ2n) is 8.72. The average Bonchev–Trinajstić information content (AvgIpc) is 3.51. The van der Waals surface area contributed by atoms with Crippen molar-refractivity contribution >= 4 is 11.8 Å². The number of aromatic nitrogens is 4. The molecule has 9 nitrogen and oxygen atoms in total. The van der Waals surface area contributed by atoms with E-state index in [1.54, 1.807) is 18.5 Å². The summed E-state index contributed by atoms with van der Waals surface area (Å²) in [5.74, 6) is -0.230. The molecule has 3 aromatic heterocycles. The SMILES string of the molecule is CC(NC(=O)N1CCC2(CCn3nc(-c4cnc(N)c(C#N)c4)cc32)C1)c1cncc(F)c1. The van der Waals surface area contributed by atoms with E-state index in [0.29, 0.717) is 24.2 Å². The molecule has 5 heterocycles. The summed E-state index contributed by atoms with van der Waals surface area (Å²) in [5.41, 5.74) is 9.09. The number of nitrogens with one attached hydrogen (secondary N) is 1. The van der Waals surface area contributed by atoms with Gasteiger partial charge in [-0.15, -0.1) is 0 Å². The molecule has 0 bridgehead atoms. The Bertz CT molecular complexity index is 1280. The lowest BCUT2D eigenvalue weighted by Crippen LogP contribution is -2.41. The minimum absolute atomic E-state index is 0.161. The van der Waals surface area contributed by atoms with Crippen LogP contribution < -0.4 is 11.1 Å². The van der Waals surface area contributed by atoms with Crippen molar-refractivity contribution < 1.29 is 9.18 Å². The minimum atomic E-state index is -0.429. The highest BCUT2D eigenvalue weighted by Crippen LogP contribution is 2.43. The van der Waals surface area contributed by atoms with Crippen LogP contribution in [0.3, 0.4) is 0 Å². The molecule has 2 aliphatic rings. The topological polar surface area (TPSA) is 126 Å². The summed E-state index contributed by atoms with van der Waals surface area (Å²) in [6.07, 6.45) is 6.07. The lowest BCUT2D eigenvalue weighted by molar-refractivity contribution is 0.202. The third kappa shape index (κ3) is 3.65. The predicted octanol–water partition coefficient (Wildman–Crippen LogP) is 2.75. The fraction of sp³-hybridized carbons (Fsp3) is 0.348. The molecule has 2 unspecified atom stereocenters. The number of nitrogens with two attached hydrogens (primary N) is 1. The number of likely N-dealkylation sites (tertiary alicyclic amines) is 1. The molecule has 2 atom stereocenters. The Hall–Kier alpha value is -4.00. The van der Waals surface area contributed by atoms with Crippen molar-refractivity contribution in [1.29, 1.82) is 5.26 Å². The van der Waals surface area contributed by atoms with Gasteiger partial charge in [0.15, 0.2) is 0 Å². The van der Waals surface area contributed by atoms with Crippen molar-refractivity contribution in [2.45, 2.75) is 37.8 Å². The Labute approximate surface area is 190 Å². The molecule has 2 aliphatic heterocycles. The van der Waals surface area contributed by atoms with Crippen LogP contribution in [-0.4, -0.2) is 43.8 Å². The maximum atomic E-state index is 13.5. The first-order valence-corrected chi connectivity index (χ1v) is 10.8. The molecule has 0 radical (unpaired) electrons. The first kappa shape index (κ1) is 20.9. The van der Waals surface area contributed by atoms with Gasteiger partial charge in [-0.05, 0) is 43.5 Å². The molecular formula is C23H23FN8O. The van der Waals surface area contributed by atoms with Crippen LogP contribution in [0.2, 0.25) is 0 Å².